The SMILES string of the molecule is CC(C)(C)OC(=O)NC1CC(Br)c2ccccc2CC1=O. The van der Waals surface area contributed by atoms with Crippen LogP contribution in [0.15, 0.2) is 24.3 Å². The Bertz CT molecular complexity index is 551. The summed E-state index contributed by atoms with van der Waals surface area (Å²) in [5.41, 5.74) is 1.55. The average molecular weight is 354 g/mol. The zero-order valence-corrected chi connectivity index (χ0v) is 14.1. The van der Waals surface area contributed by atoms with Crippen LogP contribution in [0.25, 0.3) is 0 Å². The second-order valence-corrected chi connectivity index (χ2v) is 7.35. The first-order valence-corrected chi connectivity index (χ1v) is 7.92. The Morgan fingerprint density at radius 3 is 2.67 bits per heavy atom. The maximum Gasteiger partial charge on any atom is 0.408 e. The van der Waals surface area contributed by atoms with E-state index in [2.05, 4.69) is 21.2 Å². The van der Waals surface area contributed by atoms with Gasteiger partial charge in [-0.25, -0.2) is 4.79 Å². The number of benzene rings is 1. The van der Waals surface area contributed by atoms with E-state index < -0.39 is 17.7 Å². The zero-order valence-electron chi connectivity index (χ0n) is 12.5. The van der Waals surface area contributed by atoms with E-state index in [9.17, 15) is 9.59 Å². The van der Waals surface area contributed by atoms with Crippen LogP contribution in [0.3, 0.4) is 0 Å². The summed E-state index contributed by atoms with van der Waals surface area (Å²) in [4.78, 5) is 24.2. The van der Waals surface area contributed by atoms with Crippen LogP contribution in [0, 0.1) is 0 Å². The Hall–Kier alpha value is -1.36. The van der Waals surface area contributed by atoms with Crippen LogP contribution in [0.4, 0.5) is 4.79 Å². The molecule has 0 spiro atoms. The lowest BCUT2D eigenvalue weighted by molar-refractivity contribution is -0.120. The maximum atomic E-state index is 12.3. The first-order chi connectivity index (χ1) is 9.76. The van der Waals surface area contributed by atoms with Crippen molar-refractivity contribution in [1.29, 1.82) is 0 Å². The molecule has 2 unspecified atom stereocenters. The Balaban J connectivity index is 2.10. The van der Waals surface area contributed by atoms with Crippen molar-refractivity contribution >= 4 is 27.8 Å². The fourth-order valence-electron chi connectivity index (χ4n) is 2.37. The number of nitrogens with one attached hydrogen (secondary N) is 1. The lowest BCUT2D eigenvalue weighted by Crippen LogP contribution is -2.43. The third-order valence-electron chi connectivity index (χ3n) is 3.28. The average Bonchev–Trinajstić information content (AvgIpc) is 2.46. The highest BCUT2D eigenvalue weighted by molar-refractivity contribution is 9.09. The monoisotopic (exact) mass is 353 g/mol. The molecule has 21 heavy (non-hydrogen) atoms. The molecule has 0 saturated carbocycles. The number of alkyl carbamates (subject to hydrolysis) is 1. The van der Waals surface area contributed by atoms with Crippen LogP contribution >= 0.6 is 15.9 Å². The Labute approximate surface area is 133 Å². The van der Waals surface area contributed by atoms with E-state index in [0.717, 1.165) is 11.1 Å². The van der Waals surface area contributed by atoms with Crippen molar-refractivity contribution in [1.82, 2.24) is 5.32 Å². The predicted molar refractivity (Wildman–Crippen MR) is 84.6 cm³/mol. The predicted octanol–water partition coefficient (Wildman–Crippen LogP) is 3.53. The second-order valence-electron chi connectivity index (χ2n) is 6.24. The van der Waals surface area contributed by atoms with Crippen molar-refractivity contribution in [2.24, 2.45) is 0 Å². The zero-order chi connectivity index (χ0) is 15.6. The molecule has 1 aromatic carbocycles. The summed E-state index contributed by atoms with van der Waals surface area (Å²) < 4.78 is 5.22. The van der Waals surface area contributed by atoms with Crippen LogP contribution in [-0.4, -0.2) is 23.5 Å². The van der Waals surface area contributed by atoms with E-state index in [-0.39, 0.29) is 10.6 Å². The molecular weight excluding hydrogens is 334 g/mol. The molecule has 1 amide bonds. The number of carbonyl (C=O) groups is 2. The Kier molecular flexibility index (Phi) is 4.71. The second kappa shape index (κ2) is 6.18. The molecule has 4 nitrogen and oxygen atoms in total. The van der Waals surface area contributed by atoms with Gasteiger partial charge in [0.15, 0.2) is 5.78 Å². The number of hydrogen-bond acceptors (Lipinski definition) is 3. The molecule has 0 fully saturated rings. The number of fused-ring (bicyclic) bond motifs is 1. The number of alkyl halides is 1. The molecule has 0 radical (unpaired) electrons. The normalized spacial score (nSPS) is 22.2. The van der Waals surface area contributed by atoms with Gasteiger partial charge in [-0.3, -0.25) is 4.79 Å². The van der Waals surface area contributed by atoms with Crippen molar-refractivity contribution in [3.63, 3.8) is 0 Å². The first kappa shape index (κ1) is 16.0. The molecule has 114 valence electrons. The molecule has 2 rings (SSSR count). The van der Waals surface area contributed by atoms with Gasteiger partial charge in [0.2, 0.25) is 0 Å². The summed E-state index contributed by atoms with van der Waals surface area (Å²) in [6.45, 7) is 5.39. The highest BCUT2D eigenvalue weighted by Crippen LogP contribution is 2.34. The number of hydrogen-bond donors (Lipinski definition) is 1. The first-order valence-electron chi connectivity index (χ1n) is 7.00. The number of halogens is 1. The minimum absolute atomic E-state index is 0.00950. The molecule has 1 N–H and O–H groups in total. The molecule has 0 aliphatic heterocycles. The maximum absolute atomic E-state index is 12.3. The van der Waals surface area contributed by atoms with Gasteiger partial charge in [0.05, 0.1) is 6.04 Å². The van der Waals surface area contributed by atoms with Gasteiger partial charge in [-0.15, -0.1) is 0 Å². The van der Waals surface area contributed by atoms with Crippen LogP contribution in [0.2, 0.25) is 0 Å². The van der Waals surface area contributed by atoms with E-state index in [0.29, 0.717) is 12.8 Å². The third-order valence-corrected chi connectivity index (χ3v) is 4.15. The van der Waals surface area contributed by atoms with Crippen molar-refractivity contribution in [2.45, 2.75) is 50.1 Å². The molecule has 0 aromatic heterocycles. The van der Waals surface area contributed by atoms with E-state index in [1.165, 1.54) is 0 Å². The van der Waals surface area contributed by atoms with E-state index in [1.54, 1.807) is 20.8 Å². The highest BCUT2D eigenvalue weighted by atomic mass is 79.9. The van der Waals surface area contributed by atoms with Crippen LogP contribution < -0.4 is 5.32 Å². The minimum atomic E-state index is -0.575. The molecule has 2 atom stereocenters. The number of ketones is 1. The molecule has 5 heteroatoms. The van der Waals surface area contributed by atoms with Gasteiger partial charge in [-0.1, -0.05) is 40.2 Å². The van der Waals surface area contributed by atoms with Crippen molar-refractivity contribution in [3.05, 3.63) is 35.4 Å². The van der Waals surface area contributed by atoms with Gasteiger partial charge in [0.25, 0.3) is 0 Å². The molecule has 0 saturated heterocycles. The summed E-state index contributed by atoms with van der Waals surface area (Å²) in [7, 11) is 0. The molecule has 1 aliphatic rings. The van der Waals surface area contributed by atoms with Crippen LogP contribution in [0.1, 0.15) is 43.1 Å². The Morgan fingerprint density at radius 1 is 1.33 bits per heavy atom. The number of rotatable bonds is 1. The number of amides is 1. The topological polar surface area (TPSA) is 55.4 Å². The summed E-state index contributed by atoms with van der Waals surface area (Å²) in [5, 5.41) is 2.69. The third kappa shape index (κ3) is 4.30. The lowest BCUT2D eigenvalue weighted by atomic mass is 10.0. The number of carbonyl (C=O) groups excluding carboxylic acids is 2. The molecular formula is C16H20BrNO3. The van der Waals surface area contributed by atoms with Crippen LogP contribution in [0.5, 0.6) is 0 Å². The number of Topliss-reactive ketones (excluding diaryl/α,β-unsaturated/α-hetero) is 1. The lowest BCUT2D eigenvalue weighted by Gasteiger charge is -2.23. The van der Waals surface area contributed by atoms with Crippen molar-refractivity contribution < 1.29 is 14.3 Å². The Morgan fingerprint density at radius 2 is 2.00 bits per heavy atom. The molecule has 0 bridgehead atoms. The quantitative estimate of drug-likeness (QED) is 0.620. The van der Waals surface area contributed by atoms with E-state index >= 15 is 0 Å². The summed E-state index contributed by atoms with van der Waals surface area (Å²) in [6.07, 6.45) is 0.305. The van der Waals surface area contributed by atoms with Gasteiger partial charge in [0.1, 0.15) is 5.60 Å². The fraction of sp³-hybridized carbons (Fsp3) is 0.500. The van der Waals surface area contributed by atoms with Gasteiger partial charge < -0.3 is 10.1 Å². The smallest absolute Gasteiger partial charge is 0.408 e. The fourth-order valence-corrected chi connectivity index (χ4v) is 3.19. The van der Waals surface area contributed by atoms with Gasteiger partial charge >= 0.3 is 6.09 Å². The van der Waals surface area contributed by atoms with Crippen LogP contribution in [-0.2, 0) is 16.0 Å². The largest absolute Gasteiger partial charge is 0.444 e. The summed E-state index contributed by atoms with van der Waals surface area (Å²) in [5.74, 6) is 0.00950. The van der Waals surface area contributed by atoms with Crippen molar-refractivity contribution in [2.75, 3.05) is 0 Å². The molecule has 1 aromatic rings. The van der Waals surface area contributed by atoms with Crippen molar-refractivity contribution in [3.8, 4) is 0 Å². The summed E-state index contributed by atoms with van der Waals surface area (Å²) >= 11 is 3.61. The molecule has 1 aliphatic carbocycles. The van der Waals surface area contributed by atoms with E-state index in [1.807, 2.05) is 24.3 Å². The van der Waals surface area contributed by atoms with Gasteiger partial charge in [-0.05, 0) is 38.3 Å². The highest BCUT2D eigenvalue weighted by Gasteiger charge is 2.30. The minimum Gasteiger partial charge on any atom is -0.444 e. The molecule has 0 heterocycles. The van der Waals surface area contributed by atoms with Gasteiger partial charge in [-0.2, -0.15) is 0 Å². The number of ether oxygens (including phenoxy) is 1. The standard InChI is InChI=1S/C16H20BrNO3/c1-16(2,3)21-15(20)18-13-9-12(17)11-7-5-4-6-10(11)8-14(13)19/h4-7,12-13H,8-9H2,1-3H3,(H,18,20). The van der Waals surface area contributed by atoms with Gasteiger partial charge in [0, 0.05) is 11.2 Å². The summed E-state index contributed by atoms with van der Waals surface area (Å²) in [6, 6.07) is 7.32. The van der Waals surface area contributed by atoms with E-state index in [4.69, 9.17) is 4.74 Å².